The Morgan fingerprint density at radius 3 is 2.87 bits per heavy atom. The minimum atomic E-state index is -3.20. The van der Waals surface area contributed by atoms with E-state index in [1.54, 1.807) is 19.4 Å². The second-order valence-corrected chi connectivity index (χ2v) is 7.01. The molecule has 1 amide bonds. The normalized spacial score (nSPS) is 18.7. The van der Waals surface area contributed by atoms with Crippen LogP contribution in [0.25, 0.3) is 5.69 Å². The van der Waals surface area contributed by atoms with Crippen molar-refractivity contribution in [2.24, 2.45) is 0 Å². The maximum atomic E-state index is 12.2. The van der Waals surface area contributed by atoms with Gasteiger partial charge in [-0.15, -0.1) is 0 Å². The predicted octanol–water partition coefficient (Wildman–Crippen LogP) is 0.921. The Kier molecular flexibility index (Phi) is 3.91. The molecule has 1 aromatic carbocycles. The smallest absolute Gasteiger partial charge is 0.254 e. The molecule has 7 nitrogen and oxygen atoms in total. The number of hydrogen-bond acceptors (Lipinski definition) is 5. The number of benzene rings is 1. The van der Waals surface area contributed by atoms with E-state index in [9.17, 15) is 13.2 Å². The largest absolute Gasteiger partial charge is 0.494 e. The van der Waals surface area contributed by atoms with Crippen LogP contribution in [0, 0.1) is 0 Å². The number of ether oxygens (including phenoxy) is 1. The summed E-state index contributed by atoms with van der Waals surface area (Å²) in [6.07, 6.45) is 4.47. The minimum Gasteiger partial charge on any atom is -0.494 e. The molecule has 23 heavy (non-hydrogen) atoms. The van der Waals surface area contributed by atoms with Gasteiger partial charge in [-0.25, -0.2) is 13.1 Å². The van der Waals surface area contributed by atoms with Crippen molar-refractivity contribution in [1.82, 2.24) is 15.1 Å². The van der Waals surface area contributed by atoms with Gasteiger partial charge in [0.05, 0.1) is 30.7 Å². The van der Waals surface area contributed by atoms with Gasteiger partial charge in [-0.1, -0.05) is 12.1 Å². The van der Waals surface area contributed by atoms with Crippen molar-refractivity contribution < 1.29 is 17.9 Å². The van der Waals surface area contributed by atoms with Crippen LogP contribution < -0.4 is 10.1 Å². The molecule has 1 atom stereocenters. The van der Waals surface area contributed by atoms with E-state index in [0.717, 1.165) is 5.41 Å². The van der Waals surface area contributed by atoms with E-state index < -0.39 is 15.9 Å². The molecule has 8 heteroatoms. The van der Waals surface area contributed by atoms with Crippen LogP contribution in [-0.2, 0) is 9.84 Å². The van der Waals surface area contributed by atoms with Crippen molar-refractivity contribution in [1.29, 1.82) is 0 Å². The number of nitrogens with zero attached hydrogens (tertiary/aromatic N) is 2. The molecule has 120 valence electrons. The molecule has 1 aliphatic heterocycles. The molecule has 2 heterocycles. The molecular weight excluding hydrogens is 318 g/mol. The zero-order valence-corrected chi connectivity index (χ0v) is 13.2. The number of amides is 1. The van der Waals surface area contributed by atoms with Crippen LogP contribution in [0.3, 0.4) is 0 Å². The topological polar surface area (TPSA) is 90.3 Å². The number of carbonyl (C=O) groups is 1. The molecule has 0 bridgehead atoms. The van der Waals surface area contributed by atoms with E-state index in [0.29, 0.717) is 17.0 Å². The fraction of sp³-hybridized carbons (Fsp3) is 0.200. The summed E-state index contributed by atoms with van der Waals surface area (Å²) in [7, 11) is -1.64. The van der Waals surface area contributed by atoms with Crippen molar-refractivity contribution in [3.63, 3.8) is 0 Å². The second-order valence-electron chi connectivity index (χ2n) is 5.08. The summed E-state index contributed by atoms with van der Waals surface area (Å²) >= 11 is 0. The van der Waals surface area contributed by atoms with Gasteiger partial charge in [-0.05, 0) is 18.2 Å². The number of aromatic nitrogens is 2. The summed E-state index contributed by atoms with van der Waals surface area (Å²) in [6.45, 7) is 0. The summed E-state index contributed by atoms with van der Waals surface area (Å²) < 4.78 is 29.5. The standard InChI is InChI=1S/C15H15N3O4S/c1-22-14-5-3-2-4-13(14)18-9-11(8-16-18)15(19)17-12-6-7-23(20,21)10-12/h2-9,12H,10H2,1H3,(H,17,19). The quantitative estimate of drug-likeness (QED) is 0.898. The molecular formula is C15H15N3O4S. The first-order chi connectivity index (χ1) is 11.0. The highest BCUT2D eigenvalue weighted by Gasteiger charge is 2.24. The van der Waals surface area contributed by atoms with Gasteiger partial charge in [-0.3, -0.25) is 4.79 Å². The van der Waals surface area contributed by atoms with Gasteiger partial charge in [-0.2, -0.15) is 5.10 Å². The van der Waals surface area contributed by atoms with E-state index in [4.69, 9.17) is 4.74 Å². The Hall–Kier alpha value is -2.61. The molecule has 0 radical (unpaired) electrons. The first-order valence-corrected chi connectivity index (χ1v) is 8.60. The monoisotopic (exact) mass is 333 g/mol. The lowest BCUT2D eigenvalue weighted by molar-refractivity contribution is 0.0947. The number of hydrogen-bond donors (Lipinski definition) is 1. The number of sulfone groups is 1. The van der Waals surface area contributed by atoms with E-state index in [1.165, 1.54) is 17.0 Å². The van der Waals surface area contributed by atoms with Crippen molar-refractivity contribution >= 4 is 15.7 Å². The number of nitrogens with one attached hydrogen (secondary N) is 1. The predicted molar refractivity (Wildman–Crippen MR) is 84.3 cm³/mol. The van der Waals surface area contributed by atoms with Crippen LogP contribution >= 0.6 is 0 Å². The van der Waals surface area contributed by atoms with Crippen LogP contribution in [0.5, 0.6) is 5.75 Å². The highest BCUT2D eigenvalue weighted by atomic mass is 32.2. The number of para-hydroxylation sites is 2. The molecule has 1 aromatic heterocycles. The SMILES string of the molecule is COc1ccccc1-n1cc(C(=O)NC2C=CS(=O)(=O)C2)cn1. The lowest BCUT2D eigenvalue weighted by atomic mass is 10.2. The summed E-state index contributed by atoms with van der Waals surface area (Å²) in [5, 5.41) is 7.93. The average Bonchev–Trinajstić information content (AvgIpc) is 3.14. The first-order valence-electron chi connectivity index (χ1n) is 6.88. The third kappa shape index (κ3) is 3.26. The van der Waals surface area contributed by atoms with Crippen molar-refractivity contribution in [3.8, 4) is 11.4 Å². The third-order valence-corrected chi connectivity index (χ3v) is 4.82. The zero-order valence-electron chi connectivity index (χ0n) is 12.3. The lowest BCUT2D eigenvalue weighted by Crippen LogP contribution is -2.35. The molecule has 1 aliphatic rings. The average molecular weight is 333 g/mol. The fourth-order valence-corrected chi connectivity index (χ4v) is 3.54. The Balaban J connectivity index is 1.77. The van der Waals surface area contributed by atoms with Crippen LogP contribution in [0.15, 0.2) is 48.1 Å². The molecule has 3 rings (SSSR count). The van der Waals surface area contributed by atoms with Crippen LogP contribution in [0.1, 0.15) is 10.4 Å². The second kappa shape index (κ2) is 5.88. The molecule has 2 aromatic rings. The fourth-order valence-electron chi connectivity index (χ4n) is 2.31. The summed E-state index contributed by atoms with van der Waals surface area (Å²) in [5.41, 5.74) is 1.05. The molecule has 0 spiro atoms. The highest BCUT2D eigenvalue weighted by molar-refractivity contribution is 7.94. The Bertz CT molecular complexity index is 870. The van der Waals surface area contributed by atoms with Crippen LogP contribution in [0.2, 0.25) is 0 Å². The van der Waals surface area contributed by atoms with Gasteiger partial charge >= 0.3 is 0 Å². The maximum absolute atomic E-state index is 12.2. The Morgan fingerprint density at radius 1 is 1.39 bits per heavy atom. The number of carbonyl (C=O) groups excluding carboxylic acids is 1. The third-order valence-electron chi connectivity index (χ3n) is 3.42. The van der Waals surface area contributed by atoms with Gasteiger partial charge in [0, 0.05) is 11.6 Å². The minimum absolute atomic E-state index is 0.112. The summed E-state index contributed by atoms with van der Waals surface area (Å²) in [4.78, 5) is 12.2. The van der Waals surface area contributed by atoms with E-state index in [2.05, 4.69) is 10.4 Å². The van der Waals surface area contributed by atoms with E-state index >= 15 is 0 Å². The molecule has 0 aliphatic carbocycles. The Morgan fingerprint density at radius 2 is 2.17 bits per heavy atom. The first kappa shape index (κ1) is 15.3. The molecule has 0 fully saturated rings. The van der Waals surface area contributed by atoms with Crippen molar-refractivity contribution in [3.05, 3.63) is 53.7 Å². The van der Waals surface area contributed by atoms with Crippen molar-refractivity contribution in [2.45, 2.75) is 6.04 Å². The Labute approximate surface area is 133 Å². The zero-order chi connectivity index (χ0) is 16.4. The molecule has 1 unspecified atom stereocenters. The number of rotatable bonds is 4. The lowest BCUT2D eigenvalue weighted by Gasteiger charge is -2.09. The van der Waals surface area contributed by atoms with Crippen LogP contribution in [-0.4, -0.2) is 43.0 Å². The number of methoxy groups -OCH3 is 1. The van der Waals surface area contributed by atoms with Crippen molar-refractivity contribution in [2.75, 3.05) is 12.9 Å². The van der Waals surface area contributed by atoms with E-state index in [1.807, 2.05) is 18.2 Å². The summed E-state index contributed by atoms with van der Waals surface area (Å²) in [5.74, 6) is 0.143. The highest BCUT2D eigenvalue weighted by Crippen LogP contribution is 2.21. The summed E-state index contributed by atoms with van der Waals surface area (Å²) in [6, 6.07) is 6.78. The molecule has 0 saturated heterocycles. The maximum Gasteiger partial charge on any atom is 0.254 e. The van der Waals surface area contributed by atoms with Crippen LogP contribution in [0.4, 0.5) is 0 Å². The molecule has 0 saturated carbocycles. The van der Waals surface area contributed by atoms with Gasteiger partial charge in [0.15, 0.2) is 9.84 Å². The van der Waals surface area contributed by atoms with Gasteiger partial charge < -0.3 is 10.1 Å². The van der Waals surface area contributed by atoms with E-state index in [-0.39, 0.29) is 11.7 Å². The van der Waals surface area contributed by atoms with Gasteiger partial charge in [0.2, 0.25) is 0 Å². The van der Waals surface area contributed by atoms with Gasteiger partial charge in [0.25, 0.3) is 5.91 Å². The molecule has 1 N–H and O–H groups in total. The van der Waals surface area contributed by atoms with Gasteiger partial charge in [0.1, 0.15) is 11.4 Å².